The fraction of sp³-hybridized carbons (Fsp3) is 0.400. The summed E-state index contributed by atoms with van der Waals surface area (Å²) in [7, 11) is 0. The SMILES string of the molecule is Cc1cn(CC(=O)N2CCC(Cc3cccc(-c4cccnc4)c3)(C(=O)NC(C)C)C2)nn1. The van der Waals surface area contributed by atoms with Gasteiger partial charge >= 0.3 is 0 Å². The fourth-order valence-electron chi connectivity index (χ4n) is 4.41. The van der Waals surface area contributed by atoms with E-state index in [1.807, 2.05) is 57.3 Å². The van der Waals surface area contributed by atoms with Gasteiger partial charge in [0.2, 0.25) is 11.8 Å². The molecule has 1 saturated heterocycles. The number of carbonyl (C=O) groups is 2. The van der Waals surface area contributed by atoms with Crippen molar-refractivity contribution in [1.82, 2.24) is 30.2 Å². The minimum absolute atomic E-state index is 0.00354. The van der Waals surface area contributed by atoms with E-state index in [1.165, 1.54) is 0 Å². The monoisotopic (exact) mass is 446 g/mol. The van der Waals surface area contributed by atoms with Crippen molar-refractivity contribution in [2.45, 2.75) is 46.2 Å². The van der Waals surface area contributed by atoms with Gasteiger partial charge in [-0.3, -0.25) is 14.6 Å². The van der Waals surface area contributed by atoms with E-state index < -0.39 is 5.41 Å². The van der Waals surface area contributed by atoms with Crippen molar-refractivity contribution in [2.75, 3.05) is 13.1 Å². The van der Waals surface area contributed by atoms with E-state index in [2.05, 4.69) is 26.7 Å². The smallest absolute Gasteiger partial charge is 0.244 e. The molecule has 1 unspecified atom stereocenters. The Hall–Kier alpha value is -3.55. The van der Waals surface area contributed by atoms with Crippen LogP contribution in [0.4, 0.5) is 0 Å². The summed E-state index contributed by atoms with van der Waals surface area (Å²) >= 11 is 0. The molecule has 1 fully saturated rings. The second-order valence-electron chi connectivity index (χ2n) is 9.15. The predicted molar refractivity (Wildman–Crippen MR) is 125 cm³/mol. The van der Waals surface area contributed by atoms with Crippen LogP contribution in [0.3, 0.4) is 0 Å². The van der Waals surface area contributed by atoms with Crippen molar-refractivity contribution in [3.8, 4) is 11.1 Å². The van der Waals surface area contributed by atoms with Gasteiger partial charge in [-0.25, -0.2) is 4.68 Å². The first-order valence-electron chi connectivity index (χ1n) is 11.3. The molecule has 3 heterocycles. The molecule has 33 heavy (non-hydrogen) atoms. The maximum Gasteiger partial charge on any atom is 0.244 e. The molecule has 3 aromatic rings. The standard InChI is InChI=1S/C25H30N6O2/c1-18(2)27-24(33)25(9-11-30(17-25)23(32)16-31-15-19(3)28-29-31)13-20-6-4-7-21(12-20)22-8-5-10-26-14-22/h4-8,10,12,14-15,18H,9,11,13,16-17H2,1-3H3,(H,27,33). The molecule has 0 spiro atoms. The molecule has 0 bridgehead atoms. The fourth-order valence-corrected chi connectivity index (χ4v) is 4.41. The molecule has 4 rings (SSSR count). The van der Waals surface area contributed by atoms with Crippen LogP contribution in [0.1, 0.15) is 31.5 Å². The van der Waals surface area contributed by atoms with Crippen molar-refractivity contribution in [3.05, 3.63) is 66.2 Å². The molecule has 172 valence electrons. The summed E-state index contributed by atoms with van der Waals surface area (Å²) in [6, 6.07) is 12.2. The highest BCUT2D eigenvalue weighted by molar-refractivity contribution is 5.86. The maximum absolute atomic E-state index is 13.4. The third kappa shape index (κ3) is 5.27. The minimum Gasteiger partial charge on any atom is -0.353 e. The molecule has 2 amide bonds. The summed E-state index contributed by atoms with van der Waals surface area (Å²) in [5.41, 5.74) is 3.25. The van der Waals surface area contributed by atoms with Crippen LogP contribution >= 0.6 is 0 Å². The van der Waals surface area contributed by atoms with Crippen molar-refractivity contribution in [2.24, 2.45) is 5.41 Å². The van der Waals surface area contributed by atoms with E-state index in [0.29, 0.717) is 25.9 Å². The van der Waals surface area contributed by atoms with E-state index in [9.17, 15) is 9.59 Å². The molecule has 0 radical (unpaired) electrons. The van der Waals surface area contributed by atoms with E-state index in [4.69, 9.17) is 0 Å². The van der Waals surface area contributed by atoms with Crippen molar-refractivity contribution >= 4 is 11.8 Å². The van der Waals surface area contributed by atoms with Crippen molar-refractivity contribution in [3.63, 3.8) is 0 Å². The second-order valence-corrected chi connectivity index (χ2v) is 9.15. The molecular formula is C25H30N6O2. The molecule has 1 aliphatic rings. The van der Waals surface area contributed by atoms with Gasteiger partial charge < -0.3 is 10.2 Å². The zero-order chi connectivity index (χ0) is 23.4. The largest absolute Gasteiger partial charge is 0.353 e. The van der Waals surface area contributed by atoms with Crippen LogP contribution in [0, 0.1) is 12.3 Å². The first-order chi connectivity index (χ1) is 15.8. The van der Waals surface area contributed by atoms with Crippen LogP contribution in [-0.4, -0.2) is 55.8 Å². The zero-order valence-electron chi connectivity index (χ0n) is 19.4. The molecular weight excluding hydrogens is 416 g/mol. The summed E-state index contributed by atoms with van der Waals surface area (Å²) in [4.78, 5) is 32.3. The number of hydrogen-bond donors (Lipinski definition) is 1. The highest BCUT2D eigenvalue weighted by Crippen LogP contribution is 2.36. The Morgan fingerprint density at radius 1 is 1.18 bits per heavy atom. The molecule has 1 atom stereocenters. The first kappa shape index (κ1) is 22.6. The topological polar surface area (TPSA) is 93.0 Å². The lowest BCUT2D eigenvalue weighted by atomic mass is 9.79. The van der Waals surface area contributed by atoms with Crippen LogP contribution in [0.15, 0.2) is 55.0 Å². The van der Waals surface area contributed by atoms with Crippen LogP contribution < -0.4 is 5.32 Å². The number of benzene rings is 1. The predicted octanol–water partition coefficient (Wildman–Crippen LogP) is 2.63. The van der Waals surface area contributed by atoms with Gasteiger partial charge in [0.25, 0.3) is 0 Å². The molecule has 8 nitrogen and oxygen atoms in total. The summed E-state index contributed by atoms with van der Waals surface area (Å²) in [5.74, 6) is -0.0561. The number of likely N-dealkylation sites (tertiary alicyclic amines) is 1. The Labute approximate surface area is 194 Å². The van der Waals surface area contributed by atoms with Gasteiger partial charge in [0.15, 0.2) is 0 Å². The van der Waals surface area contributed by atoms with Crippen LogP contribution in [0.25, 0.3) is 11.1 Å². The quantitative estimate of drug-likeness (QED) is 0.602. The van der Waals surface area contributed by atoms with Crippen LogP contribution in [0.5, 0.6) is 0 Å². The van der Waals surface area contributed by atoms with Gasteiger partial charge in [0.05, 0.1) is 11.1 Å². The average Bonchev–Trinajstić information content (AvgIpc) is 3.41. The zero-order valence-corrected chi connectivity index (χ0v) is 19.4. The number of rotatable bonds is 7. The number of hydrogen-bond acceptors (Lipinski definition) is 5. The summed E-state index contributed by atoms with van der Waals surface area (Å²) < 4.78 is 1.54. The highest BCUT2D eigenvalue weighted by Gasteiger charge is 2.46. The lowest BCUT2D eigenvalue weighted by Crippen LogP contribution is -2.47. The van der Waals surface area contributed by atoms with Crippen LogP contribution in [-0.2, 0) is 22.6 Å². The number of nitrogens with one attached hydrogen (secondary N) is 1. The Kier molecular flexibility index (Phi) is 6.53. The molecule has 1 aliphatic heterocycles. The number of aryl methyl sites for hydroxylation is 1. The van der Waals surface area contributed by atoms with Gasteiger partial charge in [0.1, 0.15) is 6.54 Å². The number of carbonyl (C=O) groups excluding carboxylic acids is 2. The number of aromatic nitrogens is 4. The summed E-state index contributed by atoms with van der Waals surface area (Å²) in [5, 5.41) is 11.0. The second kappa shape index (κ2) is 9.52. The van der Waals surface area contributed by atoms with Gasteiger partial charge in [-0.05, 0) is 56.4 Å². The van der Waals surface area contributed by atoms with E-state index in [1.54, 1.807) is 22.0 Å². The maximum atomic E-state index is 13.4. The molecule has 0 saturated carbocycles. The highest BCUT2D eigenvalue weighted by atomic mass is 16.2. The number of nitrogens with zero attached hydrogens (tertiary/aromatic N) is 5. The molecule has 1 N–H and O–H groups in total. The third-order valence-corrected chi connectivity index (χ3v) is 6.02. The van der Waals surface area contributed by atoms with E-state index >= 15 is 0 Å². The minimum atomic E-state index is -0.675. The molecule has 2 aromatic heterocycles. The van der Waals surface area contributed by atoms with Gasteiger partial charge in [-0.15, -0.1) is 5.10 Å². The lowest BCUT2D eigenvalue weighted by molar-refractivity contribution is -0.134. The Morgan fingerprint density at radius 2 is 2.00 bits per heavy atom. The average molecular weight is 447 g/mol. The molecule has 1 aromatic carbocycles. The van der Waals surface area contributed by atoms with Crippen molar-refractivity contribution in [1.29, 1.82) is 0 Å². The molecule has 8 heteroatoms. The van der Waals surface area contributed by atoms with Gasteiger partial charge in [-0.1, -0.05) is 35.5 Å². The van der Waals surface area contributed by atoms with E-state index in [0.717, 1.165) is 22.4 Å². The number of pyridine rings is 1. The first-order valence-corrected chi connectivity index (χ1v) is 11.3. The Balaban J connectivity index is 1.56. The Bertz CT molecular complexity index is 1130. The third-order valence-electron chi connectivity index (χ3n) is 6.02. The molecule has 0 aliphatic carbocycles. The number of amides is 2. The lowest BCUT2D eigenvalue weighted by Gasteiger charge is -2.29. The summed E-state index contributed by atoms with van der Waals surface area (Å²) in [6.45, 7) is 6.80. The van der Waals surface area contributed by atoms with Gasteiger partial charge in [0, 0.05) is 37.7 Å². The van der Waals surface area contributed by atoms with Crippen LogP contribution in [0.2, 0.25) is 0 Å². The summed E-state index contributed by atoms with van der Waals surface area (Å²) in [6.07, 6.45) is 6.51. The van der Waals surface area contributed by atoms with Gasteiger partial charge in [-0.2, -0.15) is 0 Å². The van der Waals surface area contributed by atoms with Crippen molar-refractivity contribution < 1.29 is 9.59 Å². The Morgan fingerprint density at radius 3 is 2.70 bits per heavy atom. The normalized spacial score (nSPS) is 18.0. The van der Waals surface area contributed by atoms with E-state index in [-0.39, 0.29) is 24.4 Å².